The van der Waals surface area contributed by atoms with E-state index in [9.17, 15) is 15.0 Å². The topological polar surface area (TPSA) is 124 Å². The number of nitrogens with two attached hydrogens (primary N) is 1. The van der Waals surface area contributed by atoms with Gasteiger partial charge < -0.3 is 26.2 Å². The molecule has 4 unspecified atom stereocenters. The lowest BCUT2D eigenvalue weighted by molar-refractivity contribution is -0.143. The van der Waals surface area contributed by atoms with Crippen molar-refractivity contribution in [1.82, 2.24) is 0 Å². The van der Waals surface area contributed by atoms with Gasteiger partial charge in [0.15, 0.2) is 5.78 Å². The Hall–Kier alpha value is -0.530. The van der Waals surface area contributed by atoms with Gasteiger partial charge in [-0.25, -0.2) is 0 Å². The standard InChI is InChI=1S/C8H17NO5/c1-4(10)6(12)8(14)7(13)5(11)2-3-9/h4,6-8,10,12-14H,2-3,9H2,1H3. The highest BCUT2D eigenvalue weighted by Gasteiger charge is 2.31. The highest BCUT2D eigenvalue weighted by molar-refractivity contribution is 5.83. The molecule has 0 radical (unpaired) electrons. The van der Waals surface area contributed by atoms with Crippen LogP contribution in [-0.2, 0) is 4.79 Å². The Bertz CT molecular complexity index is 185. The number of carbonyl (C=O) groups is 1. The van der Waals surface area contributed by atoms with Crippen LogP contribution in [0, 0.1) is 0 Å². The number of hydrogen-bond donors (Lipinski definition) is 5. The molecule has 0 fully saturated rings. The van der Waals surface area contributed by atoms with E-state index in [-0.39, 0.29) is 13.0 Å². The number of carbonyl (C=O) groups excluding carboxylic acids is 1. The van der Waals surface area contributed by atoms with Crippen LogP contribution in [0.25, 0.3) is 0 Å². The molecule has 84 valence electrons. The van der Waals surface area contributed by atoms with Crippen LogP contribution in [0.15, 0.2) is 0 Å². The summed E-state index contributed by atoms with van der Waals surface area (Å²) in [5, 5.41) is 36.5. The molecule has 0 bridgehead atoms. The largest absolute Gasteiger partial charge is 0.391 e. The van der Waals surface area contributed by atoms with Crippen molar-refractivity contribution in [3.8, 4) is 0 Å². The Morgan fingerprint density at radius 3 is 2.07 bits per heavy atom. The van der Waals surface area contributed by atoms with Crippen molar-refractivity contribution in [2.24, 2.45) is 5.73 Å². The van der Waals surface area contributed by atoms with E-state index in [4.69, 9.17) is 15.9 Å². The summed E-state index contributed by atoms with van der Waals surface area (Å²) in [6.45, 7) is 1.31. The van der Waals surface area contributed by atoms with Crippen LogP contribution in [0.4, 0.5) is 0 Å². The van der Waals surface area contributed by atoms with Gasteiger partial charge in [-0.05, 0) is 13.5 Å². The van der Waals surface area contributed by atoms with Gasteiger partial charge in [0.1, 0.15) is 18.3 Å². The molecule has 0 aromatic heterocycles. The van der Waals surface area contributed by atoms with E-state index in [1.807, 2.05) is 0 Å². The number of aliphatic hydroxyl groups is 4. The second kappa shape index (κ2) is 6.05. The van der Waals surface area contributed by atoms with Gasteiger partial charge in [-0.1, -0.05) is 0 Å². The zero-order valence-corrected chi connectivity index (χ0v) is 8.00. The first-order valence-corrected chi connectivity index (χ1v) is 4.36. The molecule has 0 amide bonds. The van der Waals surface area contributed by atoms with Gasteiger partial charge >= 0.3 is 0 Å². The third-order valence-corrected chi connectivity index (χ3v) is 1.89. The van der Waals surface area contributed by atoms with Gasteiger partial charge in [-0.3, -0.25) is 4.79 Å². The number of hydrogen-bond acceptors (Lipinski definition) is 6. The van der Waals surface area contributed by atoms with E-state index >= 15 is 0 Å². The summed E-state index contributed by atoms with van der Waals surface area (Å²) in [6.07, 6.45) is -6.24. The second-order valence-electron chi connectivity index (χ2n) is 3.17. The van der Waals surface area contributed by atoms with E-state index < -0.39 is 30.2 Å². The van der Waals surface area contributed by atoms with Gasteiger partial charge in [0.2, 0.25) is 0 Å². The third kappa shape index (κ3) is 3.69. The van der Waals surface area contributed by atoms with E-state index in [1.165, 1.54) is 6.92 Å². The van der Waals surface area contributed by atoms with Gasteiger partial charge in [0.25, 0.3) is 0 Å². The fourth-order valence-electron chi connectivity index (χ4n) is 0.953. The molecular weight excluding hydrogens is 190 g/mol. The first-order valence-electron chi connectivity index (χ1n) is 4.36. The molecule has 0 heterocycles. The monoisotopic (exact) mass is 207 g/mol. The average molecular weight is 207 g/mol. The Morgan fingerprint density at radius 2 is 1.71 bits per heavy atom. The van der Waals surface area contributed by atoms with Crippen molar-refractivity contribution >= 4 is 5.78 Å². The maximum absolute atomic E-state index is 11.0. The summed E-state index contributed by atoms with van der Waals surface area (Å²) in [4.78, 5) is 11.0. The Kier molecular flexibility index (Phi) is 5.82. The predicted molar refractivity (Wildman–Crippen MR) is 48.4 cm³/mol. The summed E-state index contributed by atoms with van der Waals surface area (Å²) in [7, 11) is 0. The summed E-state index contributed by atoms with van der Waals surface area (Å²) in [5.41, 5.74) is 5.08. The number of ketones is 1. The number of rotatable bonds is 6. The van der Waals surface area contributed by atoms with Crippen molar-refractivity contribution in [3.05, 3.63) is 0 Å². The zero-order chi connectivity index (χ0) is 11.3. The van der Waals surface area contributed by atoms with Crippen LogP contribution >= 0.6 is 0 Å². The molecule has 4 atom stereocenters. The quantitative estimate of drug-likeness (QED) is 0.324. The third-order valence-electron chi connectivity index (χ3n) is 1.89. The molecule has 0 aromatic carbocycles. The van der Waals surface area contributed by atoms with Crippen molar-refractivity contribution in [2.75, 3.05) is 6.54 Å². The molecule has 0 aliphatic carbocycles. The van der Waals surface area contributed by atoms with Crippen LogP contribution in [0.1, 0.15) is 13.3 Å². The Morgan fingerprint density at radius 1 is 1.21 bits per heavy atom. The van der Waals surface area contributed by atoms with E-state index in [2.05, 4.69) is 0 Å². The van der Waals surface area contributed by atoms with Crippen LogP contribution in [0.5, 0.6) is 0 Å². The zero-order valence-electron chi connectivity index (χ0n) is 8.00. The summed E-state index contributed by atoms with van der Waals surface area (Å²) in [6, 6.07) is 0. The predicted octanol–water partition coefficient (Wildman–Crippen LogP) is -2.63. The molecule has 0 rings (SSSR count). The lowest BCUT2D eigenvalue weighted by Crippen LogP contribution is -2.47. The lowest BCUT2D eigenvalue weighted by Gasteiger charge is -2.23. The fraction of sp³-hybridized carbons (Fsp3) is 0.875. The summed E-state index contributed by atoms with van der Waals surface area (Å²) in [5.74, 6) is -0.653. The van der Waals surface area contributed by atoms with Gasteiger partial charge in [-0.15, -0.1) is 0 Å². The molecule has 0 aromatic rings. The highest BCUT2D eigenvalue weighted by Crippen LogP contribution is 2.06. The van der Waals surface area contributed by atoms with Crippen LogP contribution in [0.3, 0.4) is 0 Å². The van der Waals surface area contributed by atoms with Crippen LogP contribution in [-0.4, -0.2) is 57.2 Å². The molecular formula is C8H17NO5. The first kappa shape index (κ1) is 13.5. The number of aliphatic hydroxyl groups excluding tert-OH is 4. The molecule has 14 heavy (non-hydrogen) atoms. The second-order valence-corrected chi connectivity index (χ2v) is 3.17. The molecule has 0 saturated carbocycles. The van der Waals surface area contributed by atoms with Gasteiger partial charge in [-0.2, -0.15) is 0 Å². The molecule has 6 heteroatoms. The first-order chi connectivity index (χ1) is 6.41. The maximum atomic E-state index is 11.0. The highest BCUT2D eigenvalue weighted by atomic mass is 16.4. The Balaban J connectivity index is 4.23. The Labute approximate surface area is 82.0 Å². The average Bonchev–Trinajstić information content (AvgIpc) is 2.14. The van der Waals surface area contributed by atoms with Crippen molar-refractivity contribution < 1.29 is 25.2 Å². The van der Waals surface area contributed by atoms with Gasteiger partial charge in [0, 0.05) is 6.42 Å². The minimum Gasteiger partial charge on any atom is -0.391 e. The SMILES string of the molecule is CC(O)C(O)C(O)C(O)C(=O)CCN. The van der Waals surface area contributed by atoms with Crippen LogP contribution in [0.2, 0.25) is 0 Å². The van der Waals surface area contributed by atoms with Crippen molar-refractivity contribution in [3.63, 3.8) is 0 Å². The van der Waals surface area contributed by atoms with E-state index in [0.717, 1.165) is 0 Å². The fourth-order valence-corrected chi connectivity index (χ4v) is 0.953. The summed E-state index contributed by atoms with van der Waals surface area (Å²) >= 11 is 0. The smallest absolute Gasteiger partial charge is 0.165 e. The normalized spacial score (nSPS) is 19.9. The molecule has 6 N–H and O–H groups in total. The molecule has 0 aliphatic rings. The minimum absolute atomic E-state index is 0.0629. The van der Waals surface area contributed by atoms with E-state index in [0.29, 0.717) is 0 Å². The van der Waals surface area contributed by atoms with Crippen molar-refractivity contribution in [2.45, 2.75) is 37.8 Å². The molecule has 0 aliphatic heterocycles. The maximum Gasteiger partial charge on any atom is 0.165 e. The summed E-state index contributed by atoms with van der Waals surface area (Å²) < 4.78 is 0. The molecule has 0 spiro atoms. The number of Topliss-reactive ketones (excluding diaryl/α,β-unsaturated/α-hetero) is 1. The molecule has 0 saturated heterocycles. The van der Waals surface area contributed by atoms with Gasteiger partial charge in [0.05, 0.1) is 6.10 Å². The van der Waals surface area contributed by atoms with Crippen molar-refractivity contribution in [1.29, 1.82) is 0 Å². The minimum atomic E-state index is -1.71. The van der Waals surface area contributed by atoms with E-state index in [1.54, 1.807) is 0 Å². The molecule has 6 nitrogen and oxygen atoms in total. The van der Waals surface area contributed by atoms with Crippen LogP contribution < -0.4 is 5.73 Å². The lowest BCUT2D eigenvalue weighted by atomic mass is 9.99.